The van der Waals surface area contributed by atoms with Gasteiger partial charge in [-0.1, -0.05) is 28.1 Å². The van der Waals surface area contributed by atoms with E-state index in [2.05, 4.69) is 37.2 Å². The van der Waals surface area contributed by atoms with Gasteiger partial charge in [0.25, 0.3) is 0 Å². The second kappa shape index (κ2) is 7.38. The van der Waals surface area contributed by atoms with E-state index in [1.807, 2.05) is 31.3 Å². The van der Waals surface area contributed by atoms with Crippen molar-refractivity contribution in [2.75, 3.05) is 14.2 Å². The topological polar surface area (TPSA) is 21.3 Å². The van der Waals surface area contributed by atoms with E-state index in [9.17, 15) is 4.39 Å². The van der Waals surface area contributed by atoms with Gasteiger partial charge in [-0.3, -0.25) is 0 Å². The van der Waals surface area contributed by atoms with Crippen LogP contribution in [0.15, 0.2) is 45.3 Å². The predicted molar refractivity (Wildman–Crippen MR) is 90.3 cm³/mol. The van der Waals surface area contributed by atoms with Crippen molar-refractivity contribution in [1.82, 2.24) is 5.32 Å². The third kappa shape index (κ3) is 3.84. The minimum Gasteiger partial charge on any atom is -0.496 e. The molecule has 0 amide bonds. The smallest absolute Gasteiger partial charge is 0.142 e. The molecule has 2 rings (SSSR count). The van der Waals surface area contributed by atoms with Crippen molar-refractivity contribution < 1.29 is 9.13 Å². The lowest BCUT2D eigenvalue weighted by atomic mass is 9.98. The number of ether oxygens (including phenoxy) is 1. The van der Waals surface area contributed by atoms with Crippen LogP contribution in [-0.4, -0.2) is 14.2 Å². The van der Waals surface area contributed by atoms with Gasteiger partial charge in [0.15, 0.2) is 0 Å². The molecule has 1 N–H and O–H groups in total. The Morgan fingerprint density at radius 3 is 2.67 bits per heavy atom. The molecule has 2 aromatic rings. The van der Waals surface area contributed by atoms with Gasteiger partial charge in [0.1, 0.15) is 11.6 Å². The Balaban J connectivity index is 2.35. The second-order valence-corrected chi connectivity index (χ2v) is 6.41. The van der Waals surface area contributed by atoms with Crippen LogP contribution in [0.5, 0.6) is 5.75 Å². The van der Waals surface area contributed by atoms with Gasteiger partial charge in [0.05, 0.1) is 11.6 Å². The Hall–Kier alpha value is -0.910. The van der Waals surface area contributed by atoms with E-state index < -0.39 is 0 Å². The molecule has 0 fully saturated rings. The average Bonchev–Trinajstić information content (AvgIpc) is 2.48. The lowest BCUT2D eigenvalue weighted by molar-refractivity contribution is 0.405. The first-order chi connectivity index (χ1) is 10.1. The van der Waals surface area contributed by atoms with E-state index in [-0.39, 0.29) is 11.9 Å². The van der Waals surface area contributed by atoms with Crippen LogP contribution in [0.3, 0.4) is 0 Å². The zero-order valence-electron chi connectivity index (χ0n) is 11.8. The highest BCUT2D eigenvalue weighted by Crippen LogP contribution is 2.30. The lowest BCUT2D eigenvalue weighted by Crippen LogP contribution is -2.20. The van der Waals surface area contributed by atoms with Gasteiger partial charge < -0.3 is 10.1 Å². The maximum Gasteiger partial charge on any atom is 0.142 e. The van der Waals surface area contributed by atoms with Crippen LogP contribution in [0.1, 0.15) is 17.2 Å². The first kappa shape index (κ1) is 16.5. The van der Waals surface area contributed by atoms with Crippen LogP contribution in [0.2, 0.25) is 0 Å². The molecule has 0 heterocycles. The molecule has 0 aromatic heterocycles. The second-order valence-electron chi connectivity index (χ2n) is 4.64. The van der Waals surface area contributed by atoms with Crippen molar-refractivity contribution >= 4 is 31.9 Å². The summed E-state index contributed by atoms with van der Waals surface area (Å²) in [5, 5.41) is 3.17. The van der Waals surface area contributed by atoms with Crippen LogP contribution in [0.25, 0.3) is 0 Å². The number of nitrogens with one attached hydrogen (secondary N) is 1. The van der Waals surface area contributed by atoms with E-state index in [1.165, 1.54) is 0 Å². The summed E-state index contributed by atoms with van der Waals surface area (Å²) < 4.78 is 21.1. The molecule has 2 aromatic carbocycles. The quantitative estimate of drug-likeness (QED) is 0.751. The summed E-state index contributed by atoms with van der Waals surface area (Å²) in [6, 6.07) is 11.0. The van der Waals surface area contributed by atoms with Crippen molar-refractivity contribution in [2.24, 2.45) is 0 Å². The highest BCUT2D eigenvalue weighted by atomic mass is 79.9. The molecular formula is C16H16Br2FNO. The summed E-state index contributed by atoms with van der Waals surface area (Å²) in [5.41, 5.74) is 1.65. The molecule has 0 spiro atoms. The van der Waals surface area contributed by atoms with Crippen molar-refractivity contribution in [3.05, 3.63) is 62.3 Å². The molecule has 112 valence electrons. The fourth-order valence-electron chi connectivity index (χ4n) is 2.28. The van der Waals surface area contributed by atoms with Gasteiger partial charge in [-0.15, -0.1) is 0 Å². The average molecular weight is 417 g/mol. The van der Waals surface area contributed by atoms with Gasteiger partial charge in [0, 0.05) is 16.1 Å². The molecule has 2 nitrogen and oxygen atoms in total. The molecule has 1 atom stereocenters. The number of methoxy groups -OCH3 is 1. The van der Waals surface area contributed by atoms with Crippen LogP contribution < -0.4 is 10.1 Å². The number of likely N-dealkylation sites (N-methyl/N-ethyl adjacent to an activating group) is 1. The number of hydrogen-bond acceptors (Lipinski definition) is 2. The monoisotopic (exact) mass is 415 g/mol. The molecule has 0 saturated carbocycles. The summed E-state index contributed by atoms with van der Waals surface area (Å²) in [6.07, 6.45) is 0.631. The summed E-state index contributed by atoms with van der Waals surface area (Å²) in [6.45, 7) is 0. The SMILES string of the molecule is CNC(Cc1cc(Br)ccc1OC)c1cccc(Br)c1F. The largest absolute Gasteiger partial charge is 0.496 e. The summed E-state index contributed by atoms with van der Waals surface area (Å²) in [5.74, 6) is 0.569. The molecule has 1 unspecified atom stereocenters. The minimum atomic E-state index is -0.231. The standard InChI is InChI=1S/C16H16Br2FNO/c1-20-14(12-4-3-5-13(18)16(12)19)9-10-8-11(17)6-7-15(10)21-2/h3-8,14,20H,9H2,1-2H3. The third-order valence-corrected chi connectivity index (χ3v) is 4.48. The Kier molecular flexibility index (Phi) is 5.79. The Labute approximate surface area is 141 Å². The number of hydrogen-bond donors (Lipinski definition) is 1. The van der Waals surface area contributed by atoms with E-state index in [0.717, 1.165) is 15.8 Å². The van der Waals surface area contributed by atoms with Gasteiger partial charge >= 0.3 is 0 Å². The highest BCUT2D eigenvalue weighted by molar-refractivity contribution is 9.10. The van der Waals surface area contributed by atoms with Gasteiger partial charge in [0.2, 0.25) is 0 Å². The fourth-order valence-corrected chi connectivity index (χ4v) is 3.07. The Morgan fingerprint density at radius 2 is 2.00 bits per heavy atom. The molecule has 0 aliphatic heterocycles. The summed E-state index contributed by atoms with van der Waals surface area (Å²) in [4.78, 5) is 0. The molecule has 21 heavy (non-hydrogen) atoms. The van der Waals surface area contributed by atoms with E-state index in [0.29, 0.717) is 16.5 Å². The van der Waals surface area contributed by atoms with Crippen molar-refractivity contribution in [1.29, 1.82) is 0 Å². The van der Waals surface area contributed by atoms with Gasteiger partial charge in [-0.25, -0.2) is 4.39 Å². The number of benzene rings is 2. The van der Waals surface area contributed by atoms with Gasteiger partial charge in [-0.2, -0.15) is 0 Å². The Bertz CT molecular complexity index is 634. The molecular weight excluding hydrogens is 401 g/mol. The van der Waals surface area contributed by atoms with E-state index >= 15 is 0 Å². The van der Waals surface area contributed by atoms with E-state index in [4.69, 9.17) is 4.74 Å². The molecule has 0 bridgehead atoms. The third-order valence-electron chi connectivity index (χ3n) is 3.37. The fraction of sp³-hybridized carbons (Fsp3) is 0.250. The van der Waals surface area contributed by atoms with Crippen LogP contribution in [0.4, 0.5) is 4.39 Å². The normalized spacial score (nSPS) is 12.2. The van der Waals surface area contributed by atoms with E-state index in [1.54, 1.807) is 19.2 Å². The highest BCUT2D eigenvalue weighted by Gasteiger charge is 2.18. The molecule has 0 radical (unpaired) electrons. The summed E-state index contributed by atoms with van der Waals surface area (Å²) in [7, 11) is 3.47. The lowest BCUT2D eigenvalue weighted by Gasteiger charge is -2.19. The zero-order valence-corrected chi connectivity index (χ0v) is 15.0. The first-order valence-electron chi connectivity index (χ1n) is 6.50. The van der Waals surface area contributed by atoms with Crippen LogP contribution in [-0.2, 0) is 6.42 Å². The summed E-state index contributed by atoms with van der Waals surface area (Å²) >= 11 is 6.70. The maximum absolute atomic E-state index is 14.3. The number of rotatable bonds is 5. The minimum absolute atomic E-state index is 0.134. The zero-order chi connectivity index (χ0) is 15.4. The van der Waals surface area contributed by atoms with Crippen molar-refractivity contribution in [2.45, 2.75) is 12.5 Å². The molecule has 0 aliphatic carbocycles. The first-order valence-corrected chi connectivity index (χ1v) is 8.09. The predicted octanol–water partition coefficient (Wildman–Crippen LogP) is 4.86. The van der Waals surface area contributed by atoms with Crippen molar-refractivity contribution in [3.63, 3.8) is 0 Å². The molecule has 0 saturated heterocycles. The van der Waals surface area contributed by atoms with Gasteiger partial charge in [-0.05, 0) is 59.2 Å². The van der Waals surface area contributed by atoms with Crippen LogP contribution >= 0.6 is 31.9 Å². The molecule has 0 aliphatic rings. The molecule has 5 heteroatoms. The Morgan fingerprint density at radius 1 is 1.24 bits per heavy atom. The van der Waals surface area contributed by atoms with Crippen LogP contribution in [0, 0.1) is 5.82 Å². The maximum atomic E-state index is 14.3. The number of halogens is 3. The van der Waals surface area contributed by atoms with Crippen molar-refractivity contribution in [3.8, 4) is 5.75 Å².